The molecule has 0 aromatic heterocycles. The van der Waals surface area contributed by atoms with E-state index in [9.17, 15) is 9.18 Å². The van der Waals surface area contributed by atoms with E-state index in [0.29, 0.717) is 10.2 Å². The molecule has 0 bridgehead atoms. The SMILES string of the molecule is CNCC(=O)c1cc(OC)c(Br)cc1F. The molecule has 0 amide bonds. The van der Waals surface area contributed by atoms with Crippen molar-refractivity contribution in [3.8, 4) is 5.75 Å². The van der Waals surface area contributed by atoms with Crippen molar-refractivity contribution in [1.82, 2.24) is 5.32 Å². The lowest BCUT2D eigenvalue weighted by molar-refractivity contribution is 0.0989. The summed E-state index contributed by atoms with van der Waals surface area (Å²) in [6.45, 7) is 0.0989. The highest BCUT2D eigenvalue weighted by Gasteiger charge is 2.14. The van der Waals surface area contributed by atoms with Gasteiger partial charge in [-0.15, -0.1) is 0 Å². The van der Waals surface area contributed by atoms with E-state index in [1.54, 1.807) is 7.05 Å². The van der Waals surface area contributed by atoms with E-state index >= 15 is 0 Å². The van der Waals surface area contributed by atoms with Crippen LogP contribution in [0.2, 0.25) is 0 Å². The van der Waals surface area contributed by atoms with Crippen LogP contribution >= 0.6 is 15.9 Å². The number of halogens is 2. The summed E-state index contributed by atoms with van der Waals surface area (Å²) in [6.07, 6.45) is 0. The van der Waals surface area contributed by atoms with Crippen LogP contribution in [0.4, 0.5) is 4.39 Å². The van der Waals surface area contributed by atoms with E-state index in [1.807, 2.05) is 0 Å². The van der Waals surface area contributed by atoms with Gasteiger partial charge in [-0.25, -0.2) is 4.39 Å². The molecule has 0 aliphatic heterocycles. The van der Waals surface area contributed by atoms with Crippen LogP contribution in [-0.4, -0.2) is 26.5 Å². The number of nitrogens with one attached hydrogen (secondary N) is 1. The fourth-order valence-electron chi connectivity index (χ4n) is 1.16. The lowest BCUT2D eigenvalue weighted by atomic mass is 10.1. The molecule has 0 aliphatic rings. The van der Waals surface area contributed by atoms with Gasteiger partial charge in [0.2, 0.25) is 0 Å². The van der Waals surface area contributed by atoms with E-state index in [0.717, 1.165) is 0 Å². The number of rotatable bonds is 4. The highest BCUT2D eigenvalue weighted by Crippen LogP contribution is 2.27. The fraction of sp³-hybridized carbons (Fsp3) is 0.300. The largest absolute Gasteiger partial charge is 0.496 e. The van der Waals surface area contributed by atoms with Gasteiger partial charge in [-0.1, -0.05) is 0 Å². The molecule has 5 heteroatoms. The lowest BCUT2D eigenvalue weighted by Gasteiger charge is -2.07. The Balaban J connectivity index is 3.12. The molecule has 15 heavy (non-hydrogen) atoms. The van der Waals surface area contributed by atoms with Crippen LogP contribution in [0.3, 0.4) is 0 Å². The Bertz CT molecular complexity index is 382. The second kappa shape index (κ2) is 5.23. The van der Waals surface area contributed by atoms with Crippen LogP contribution in [0, 0.1) is 5.82 Å². The third-order valence-corrected chi connectivity index (χ3v) is 2.50. The number of likely N-dealkylation sites (N-methyl/N-ethyl adjacent to an activating group) is 1. The maximum atomic E-state index is 13.4. The first-order valence-electron chi connectivity index (χ1n) is 4.31. The number of methoxy groups -OCH3 is 1. The number of carbonyl (C=O) groups excluding carboxylic acids is 1. The summed E-state index contributed by atoms with van der Waals surface area (Å²) in [5.41, 5.74) is 0.0319. The predicted molar refractivity (Wildman–Crippen MR) is 58.9 cm³/mol. The number of ketones is 1. The van der Waals surface area contributed by atoms with Gasteiger partial charge in [0.1, 0.15) is 11.6 Å². The maximum Gasteiger partial charge on any atom is 0.179 e. The van der Waals surface area contributed by atoms with Gasteiger partial charge in [-0.3, -0.25) is 4.79 Å². The van der Waals surface area contributed by atoms with Crippen LogP contribution < -0.4 is 10.1 Å². The highest BCUT2D eigenvalue weighted by molar-refractivity contribution is 9.10. The fourth-order valence-corrected chi connectivity index (χ4v) is 1.63. The van der Waals surface area contributed by atoms with Gasteiger partial charge in [-0.05, 0) is 35.1 Å². The van der Waals surface area contributed by atoms with Crippen LogP contribution in [0.25, 0.3) is 0 Å². The number of benzene rings is 1. The van der Waals surface area contributed by atoms with E-state index < -0.39 is 5.82 Å². The summed E-state index contributed by atoms with van der Waals surface area (Å²) < 4.78 is 18.9. The number of Topliss-reactive ketones (excluding diaryl/α,β-unsaturated/α-hetero) is 1. The molecule has 0 heterocycles. The van der Waals surface area contributed by atoms with Crippen LogP contribution in [0.1, 0.15) is 10.4 Å². The average molecular weight is 276 g/mol. The molecule has 1 aromatic rings. The highest BCUT2D eigenvalue weighted by atomic mass is 79.9. The Morgan fingerprint density at radius 3 is 2.80 bits per heavy atom. The van der Waals surface area contributed by atoms with Crippen LogP contribution in [0.15, 0.2) is 16.6 Å². The molecule has 1 N–H and O–H groups in total. The number of ether oxygens (including phenoxy) is 1. The van der Waals surface area contributed by atoms with E-state index in [4.69, 9.17) is 4.74 Å². The molecule has 0 unspecified atom stereocenters. The Kier molecular flexibility index (Phi) is 4.23. The first-order valence-corrected chi connectivity index (χ1v) is 5.10. The topological polar surface area (TPSA) is 38.3 Å². The van der Waals surface area contributed by atoms with Crippen molar-refractivity contribution in [3.05, 3.63) is 28.0 Å². The van der Waals surface area contributed by atoms with Crippen molar-refractivity contribution < 1.29 is 13.9 Å². The molecule has 82 valence electrons. The van der Waals surface area contributed by atoms with Crippen molar-refractivity contribution in [3.63, 3.8) is 0 Å². The first kappa shape index (κ1) is 12.1. The number of carbonyl (C=O) groups is 1. The van der Waals surface area contributed by atoms with Crippen molar-refractivity contribution >= 4 is 21.7 Å². The van der Waals surface area contributed by atoms with Crippen molar-refractivity contribution in [1.29, 1.82) is 0 Å². The molecular weight excluding hydrogens is 265 g/mol. The van der Waals surface area contributed by atoms with Crippen LogP contribution in [0.5, 0.6) is 5.75 Å². The molecular formula is C10H11BrFNO2. The zero-order valence-electron chi connectivity index (χ0n) is 8.43. The second-order valence-electron chi connectivity index (χ2n) is 2.92. The molecule has 3 nitrogen and oxygen atoms in total. The molecule has 1 aromatic carbocycles. The van der Waals surface area contributed by atoms with E-state index in [2.05, 4.69) is 21.2 Å². The summed E-state index contributed by atoms with van der Waals surface area (Å²) in [5, 5.41) is 2.68. The van der Waals surface area contributed by atoms with Crippen molar-refractivity contribution in [2.45, 2.75) is 0 Å². The Labute approximate surface area is 95.7 Å². The molecule has 0 saturated carbocycles. The molecule has 0 fully saturated rings. The Morgan fingerprint density at radius 2 is 2.27 bits per heavy atom. The van der Waals surface area contributed by atoms with Gasteiger partial charge in [0, 0.05) is 0 Å². The molecule has 0 spiro atoms. The molecule has 0 saturated heterocycles. The second-order valence-corrected chi connectivity index (χ2v) is 3.77. The van der Waals surface area contributed by atoms with Crippen LogP contribution in [-0.2, 0) is 0 Å². The zero-order chi connectivity index (χ0) is 11.4. The quantitative estimate of drug-likeness (QED) is 0.855. The molecule has 0 aliphatic carbocycles. The monoisotopic (exact) mass is 275 g/mol. The summed E-state index contributed by atoms with van der Waals surface area (Å²) in [4.78, 5) is 11.5. The predicted octanol–water partition coefficient (Wildman–Crippen LogP) is 2.00. The van der Waals surface area contributed by atoms with Crippen molar-refractivity contribution in [2.24, 2.45) is 0 Å². The third-order valence-electron chi connectivity index (χ3n) is 1.88. The van der Waals surface area contributed by atoms with Gasteiger partial charge < -0.3 is 10.1 Å². The zero-order valence-corrected chi connectivity index (χ0v) is 10.0. The minimum Gasteiger partial charge on any atom is -0.496 e. The van der Waals surface area contributed by atoms with E-state index in [1.165, 1.54) is 19.2 Å². The normalized spacial score (nSPS) is 10.1. The maximum absolute atomic E-state index is 13.4. The Morgan fingerprint density at radius 1 is 1.60 bits per heavy atom. The minimum atomic E-state index is -0.553. The standard InChI is InChI=1S/C10H11BrFNO2/c1-13-5-9(14)6-3-10(15-2)7(11)4-8(6)12/h3-4,13H,5H2,1-2H3. The van der Waals surface area contributed by atoms with Gasteiger partial charge in [0.15, 0.2) is 5.78 Å². The molecule has 1 rings (SSSR count). The smallest absolute Gasteiger partial charge is 0.179 e. The molecule has 0 radical (unpaired) electrons. The summed E-state index contributed by atoms with van der Waals surface area (Å²) in [6, 6.07) is 2.61. The van der Waals surface area contributed by atoms with Gasteiger partial charge in [0.05, 0.1) is 23.7 Å². The Hall–Kier alpha value is -0.940. The number of hydrogen-bond donors (Lipinski definition) is 1. The molecule has 0 atom stereocenters. The van der Waals surface area contributed by atoms with Crippen molar-refractivity contribution in [2.75, 3.05) is 20.7 Å². The first-order chi connectivity index (χ1) is 7.10. The lowest BCUT2D eigenvalue weighted by Crippen LogP contribution is -2.19. The minimum absolute atomic E-state index is 0.0319. The van der Waals surface area contributed by atoms with Gasteiger partial charge in [0.25, 0.3) is 0 Å². The number of hydrogen-bond acceptors (Lipinski definition) is 3. The summed E-state index contributed by atoms with van der Waals surface area (Å²) in [5.74, 6) is -0.417. The van der Waals surface area contributed by atoms with E-state index in [-0.39, 0.29) is 17.9 Å². The van der Waals surface area contributed by atoms with Gasteiger partial charge >= 0.3 is 0 Å². The van der Waals surface area contributed by atoms with Gasteiger partial charge in [-0.2, -0.15) is 0 Å². The average Bonchev–Trinajstić information content (AvgIpc) is 2.18. The summed E-state index contributed by atoms with van der Waals surface area (Å²) in [7, 11) is 3.09. The summed E-state index contributed by atoms with van der Waals surface area (Å²) >= 11 is 3.14. The third kappa shape index (κ3) is 2.76.